The number of carbonyl (C=O) groups excluding carboxylic acids is 1. The summed E-state index contributed by atoms with van der Waals surface area (Å²) in [7, 11) is 0. The normalized spacial score (nSPS) is 16.2. The summed E-state index contributed by atoms with van der Waals surface area (Å²) in [6.07, 6.45) is 4.11. The summed E-state index contributed by atoms with van der Waals surface area (Å²) in [5.74, 6) is 1.12. The molecule has 2 N–H and O–H groups in total. The Bertz CT molecular complexity index is 298. The quantitative estimate of drug-likeness (QED) is 0.772. The van der Waals surface area contributed by atoms with Gasteiger partial charge in [0.05, 0.1) is 12.6 Å². The molecule has 1 saturated carbocycles. The summed E-state index contributed by atoms with van der Waals surface area (Å²) in [5.41, 5.74) is -0.568. The van der Waals surface area contributed by atoms with Crippen LogP contribution in [0.5, 0.6) is 0 Å². The predicted molar refractivity (Wildman–Crippen MR) is 73.5 cm³/mol. The van der Waals surface area contributed by atoms with E-state index in [2.05, 4.69) is 12.2 Å². The second-order valence-electron chi connectivity index (χ2n) is 5.73. The van der Waals surface area contributed by atoms with Crippen LogP contribution in [0.25, 0.3) is 0 Å². The maximum atomic E-state index is 10.9. The van der Waals surface area contributed by atoms with Crippen LogP contribution in [0.4, 0.5) is 4.79 Å². The van der Waals surface area contributed by atoms with E-state index in [-0.39, 0.29) is 6.54 Å². The molecule has 19 heavy (non-hydrogen) atoms. The van der Waals surface area contributed by atoms with Crippen molar-refractivity contribution in [3.8, 4) is 6.07 Å². The van der Waals surface area contributed by atoms with Crippen LogP contribution in [-0.2, 0) is 4.74 Å². The Kier molecular flexibility index (Phi) is 8.17. The first kappa shape index (κ1) is 17.7. The number of ether oxygens (including phenoxy) is 1. The van der Waals surface area contributed by atoms with Crippen molar-refractivity contribution in [1.82, 2.24) is 5.32 Å². The highest BCUT2D eigenvalue weighted by Gasteiger charge is 2.16. The molecule has 1 amide bonds. The molecule has 0 spiro atoms. The minimum absolute atomic E-state index is 0.120. The van der Waals surface area contributed by atoms with E-state index in [9.17, 15) is 4.79 Å². The first-order chi connectivity index (χ1) is 8.78. The Labute approximate surface area is 115 Å². The molecule has 1 atom stereocenters. The molecule has 1 aliphatic carbocycles. The number of amides is 1. The minimum Gasteiger partial charge on any atom is -0.444 e. The standard InChI is InChI=1S/C8H14N2O3.C6H12/c1-8(2,3)13-7(12)10-5-6(11)4-9;1-2-6-4-3-5-6/h6,11H,5H2,1-3H3,(H,10,12);6H,2-5H2,1H3. The highest BCUT2D eigenvalue weighted by atomic mass is 16.6. The van der Waals surface area contributed by atoms with Gasteiger partial charge in [0, 0.05) is 0 Å². The van der Waals surface area contributed by atoms with E-state index < -0.39 is 17.8 Å². The van der Waals surface area contributed by atoms with Crippen LogP contribution >= 0.6 is 0 Å². The highest BCUT2D eigenvalue weighted by molar-refractivity contribution is 5.67. The molecule has 0 aromatic rings. The second kappa shape index (κ2) is 8.76. The average molecular weight is 270 g/mol. The van der Waals surface area contributed by atoms with E-state index in [1.165, 1.54) is 25.7 Å². The number of nitrogens with zero attached hydrogens (tertiary/aromatic N) is 1. The van der Waals surface area contributed by atoms with Gasteiger partial charge in [-0.3, -0.25) is 0 Å². The fraction of sp³-hybridized carbons (Fsp3) is 0.857. The van der Waals surface area contributed by atoms with Gasteiger partial charge in [-0.25, -0.2) is 4.79 Å². The summed E-state index contributed by atoms with van der Waals surface area (Å²) in [6, 6.07) is 1.57. The van der Waals surface area contributed by atoms with Crippen molar-refractivity contribution < 1.29 is 14.6 Å². The number of aliphatic hydroxyl groups is 1. The van der Waals surface area contributed by atoms with E-state index in [1.807, 2.05) is 0 Å². The summed E-state index contributed by atoms with van der Waals surface area (Å²) in [6.45, 7) is 7.35. The SMILES string of the molecule is CC(C)(C)OC(=O)NCC(O)C#N.CCC1CCC1. The number of carbonyl (C=O) groups is 1. The highest BCUT2D eigenvalue weighted by Crippen LogP contribution is 2.28. The first-order valence-electron chi connectivity index (χ1n) is 6.83. The van der Waals surface area contributed by atoms with Crippen molar-refractivity contribution in [3.05, 3.63) is 0 Å². The summed E-state index contributed by atoms with van der Waals surface area (Å²) in [5, 5.41) is 19.2. The van der Waals surface area contributed by atoms with Gasteiger partial charge in [0.15, 0.2) is 6.10 Å². The van der Waals surface area contributed by atoms with Crippen LogP contribution in [0.2, 0.25) is 0 Å². The molecule has 0 aromatic carbocycles. The van der Waals surface area contributed by atoms with Crippen molar-refractivity contribution in [2.75, 3.05) is 6.54 Å². The third kappa shape index (κ3) is 10.3. The molecule has 0 radical (unpaired) electrons. The summed E-state index contributed by atoms with van der Waals surface area (Å²) in [4.78, 5) is 10.9. The number of hydrogen-bond acceptors (Lipinski definition) is 4. The van der Waals surface area contributed by atoms with Crippen molar-refractivity contribution in [2.24, 2.45) is 5.92 Å². The van der Waals surface area contributed by atoms with Gasteiger partial charge < -0.3 is 15.2 Å². The van der Waals surface area contributed by atoms with Gasteiger partial charge in [-0.05, 0) is 26.7 Å². The van der Waals surface area contributed by atoms with Gasteiger partial charge in [-0.2, -0.15) is 5.26 Å². The lowest BCUT2D eigenvalue weighted by Gasteiger charge is -2.22. The Balaban J connectivity index is 0.000000443. The molecule has 0 aromatic heterocycles. The zero-order valence-electron chi connectivity index (χ0n) is 12.4. The van der Waals surface area contributed by atoms with Crippen molar-refractivity contribution in [2.45, 2.75) is 65.1 Å². The maximum absolute atomic E-state index is 10.9. The molecule has 5 heteroatoms. The molecule has 0 heterocycles. The molecule has 0 bridgehead atoms. The van der Waals surface area contributed by atoms with Crippen molar-refractivity contribution >= 4 is 6.09 Å². The minimum atomic E-state index is -1.19. The van der Waals surface area contributed by atoms with Crippen LogP contribution in [0.1, 0.15) is 53.4 Å². The molecule has 1 fully saturated rings. The fourth-order valence-electron chi connectivity index (χ4n) is 1.44. The van der Waals surface area contributed by atoms with Gasteiger partial charge in [-0.15, -0.1) is 0 Å². The Morgan fingerprint density at radius 2 is 2.11 bits per heavy atom. The average Bonchev–Trinajstić information content (AvgIpc) is 2.23. The second-order valence-corrected chi connectivity index (χ2v) is 5.73. The zero-order chi connectivity index (χ0) is 14.9. The number of nitrogens with one attached hydrogen (secondary N) is 1. The number of hydrogen-bond donors (Lipinski definition) is 2. The Morgan fingerprint density at radius 1 is 1.53 bits per heavy atom. The van der Waals surface area contributed by atoms with E-state index >= 15 is 0 Å². The lowest BCUT2D eigenvalue weighted by molar-refractivity contribution is 0.0507. The largest absolute Gasteiger partial charge is 0.444 e. The summed E-state index contributed by atoms with van der Waals surface area (Å²) < 4.78 is 4.86. The Morgan fingerprint density at radius 3 is 2.37 bits per heavy atom. The molecule has 0 saturated heterocycles. The van der Waals surface area contributed by atoms with Crippen molar-refractivity contribution in [3.63, 3.8) is 0 Å². The molecule has 5 nitrogen and oxygen atoms in total. The van der Waals surface area contributed by atoms with Gasteiger partial charge in [0.1, 0.15) is 5.60 Å². The summed E-state index contributed by atoms with van der Waals surface area (Å²) >= 11 is 0. The lowest BCUT2D eigenvalue weighted by Crippen LogP contribution is -2.36. The van der Waals surface area contributed by atoms with E-state index in [0.717, 1.165) is 5.92 Å². The third-order valence-electron chi connectivity index (χ3n) is 2.79. The van der Waals surface area contributed by atoms with Crippen LogP contribution in [0.15, 0.2) is 0 Å². The van der Waals surface area contributed by atoms with E-state index in [0.29, 0.717) is 0 Å². The molecular formula is C14H26N2O3. The number of rotatable bonds is 3. The van der Waals surface area contributed by atoms with Gasteiger partial charge in [0.25, 0.3) is 0 Å². The molecule has 0 aliphatic heterocycles. The topological polar surface area (TPSA) is 82.3 Å². The maximum Gasteiger partial charge on any atom is 0.407 e. The van der Waals surface area contributed by atoms with E-state index in [1.54, 1.807) is 26.8 Å². The first-order valence-corrected chi connectivity index (χ1v) is 6.83. The lowest BCUT2D eigenvalue weighted by atomic mass is 9.84. The van der Waals surface area contributed by atoms with E-state index in [4.69, 9.17) is 15.1 Å². The molecule has 1 rings (SSSR count). The van der Waals surface area contributed by atoms with Crippen molar-refractivity contribution in [1.29, 1.82) is 5.26 Å². The third-order valence-corrected chi connectivity index (χ3v) is 2.79. The Hall–Kier alpha value is -1.28. The van der Waals surface area contributed by atoms with Crippen LogP contribution in [0.3, 0.4) is 0 Å². The van der Waals surface area contributed by atoms with Crippen LogP contribution in [0, 0.1) is 17.2 Å². The predicted octanol–water partition coefficient (Wildman–Crippen LogP) is 2.59. The monoisotopic (exact) mass is 270 g/mol. The molecule has 110 valence electrons. The van der Waals surface area contributed by atoms with Crippen LogP contribution in [-0.4, -0.2) is 29.4 Å². The van der Waals surface area contributed by atoms with Crippen LogP contribution < -0.4 is 5.32 Å². The fourth-order valence-corrected chi connectivity index (χ4v) is 1.44. The molecule has 1 aliphatic rings. The number of aliphatic hydroxyl groups excluding tert-OH is 1. The number of alkyl carbamates (subject to hydrolysis) is 1. The molecular weight excluding hydrogens is 244 g/mol. The smallest absolute Gasteiger partial charge is 0.407 e. The molecule has 1 unspecified atom stereocenters. The van der Waals surface area contributed by atoms with Gasteiger partial charge >= 0.3 is 6.09 Å². The van der Waals surface area contributed by atoms with Gasteiger partial charge in [-0.1, -0.05) is 32.6 Å². The van der Waals surface area contributed by atoms with Gasteiger partial charge in [0.2, 0.25) is 0 Å². The zero-order valence-corrected chi connectivity index (χ0v) is 12.4. The number of nitriles is 1.